The zero-order chi connectivity index (χ0) is 21.1. The van der Waals surface area contributed by atoms with E-state index in [9.17, 15) is 0 Å². The maximum Gasteiger partial charge on any atom is 0.193 e. The molecule has 1 fully saturated rings. The van der Waals surface area contributed by atoms with E-state index in [0.717, 1.165) is 56.3 Å². The minimum Gasteiger partial charge on any atom is -0.494 e. The fraction of sp³-hybridized carbons (Fsp3) is 0.682. The van der Waals surface area contributed by atoms with Gasteiger partial charge in [-0.3, -0.25) is 9.89 Å². The average Bonchev–Trinajstić information content (AvgIpc) is 2.74. The molecule has 172 valence electrons. The Kier molecular flexibility index (Phi) is 13.1. The molecule has 0 radical (unpaired) electrons. The Hall–Kier alpha value is -1.26. The Morgan fingerprint density at radius 2 is 1.80 bits per heavy atom. The lowest BCUT2D eigenvalue weighted by Gasteiger charge is -2.38. The molecule has 1 aromatic carbocycles. The summed E-state index contributed by atoms with van der Waals surface area (Å²) in [5.41, 5.74) is 7.02. The molecule has 1 aromatic rings. The number of nitrogens with zero attached hydrogens (tertiary/aromatic N) is 2. The number of halogens is 1. The highest BCUT2D eigenvalue weighted by atomic mass is 127. The molecule has 0 aromatic heterocycles. The van der Waals surface area contributed by atoms with E-state index in [0.29, 0.717) is 37.7 Å². The second kappa shape index (κ2) is 14.7. The van der Waals surface area contributed by atoms with Crippen LogP contribution in [0.2, 0.25) is 0 Å². The zero-order valence-corrected chi connectivity index (χ0v) is 21.2. The maximum atomic E-state index is 6.26. The molecule has 1 heterocycles. The number of aliphatic imine (C=N–C) groups is 1. The highest BCUT2D eigenvalue weighted by Gasteiger charge is 2.26. The van der Waals surface area contributed by atoms with E-state index in [1.807, 2.05) is 32.0 Å². The summed E-state index contributed by atoms with van der Waals surface area (Å²) >= 11 is 0. The van der Waals surface area contributed by atoms with Gasteiger partial charge in [-0.05, 0) is 31.9 Å². The summed E-state index contributed by atoms with van der Waals surface area (Å²) in [7, 11) is 0. The third-order valence-electron chi connectivity index (χ3n) is 5.38. The summed E-state index contributed by atoms with van der Waals surface area (Å²) in [6.07, 6.45) is 2.26. The molecule has 1 unspecified atom stereocenters. The van der Waals surface area contributed by atoms with E-state index < -0.39 is 0 Å². The molecule has 3 N–H and O–H groups in total. The number of nitrogens with two attached hydrogens (primary N) is 1. The first-order valence-electron chi connectivity index (χ1n) is 10.9. The van der Waals surface area contributed by atoms with Crippen molar-refractivity contribution in [2.24, 2.45) is 16.6 Å². The number of hydrogen-bond acceptors (Lipinski definition) is 5. The topological polar surface area (TPSA) is 81.3 Å². The van der Waals surface area contributed by atoms with Gasteiger partial charge in [-0.15, -0.1) is 24.0 Å². The van der Waals surface area contributed by atoms with E-state index in [-0.39, 0.29) is 24.0 Å². The molecule has 1 aliphatic rings. The normalized spacial score (nSPS) is 16.1. The number of guanidine groups is 1. The Bertz CT molecular complexity index is 635. The minimum absolute atomic E-state index is 0. The molecule has 0 amide bonds. The molecule has 1 aliphatic heterocycles. The lowest BCUT2D eigenvalue weighted by Crippen LogP contribution is -2.48. The van der Waals surface area contributed by atoms with Gasteiger partial charge in [0.2, 0.25) is 0 Å². The van der Waals surface area contributed by atoms with Crippen LogP contribution >= 0.6 is 24.0 Å². The molecule has 1 atom stereocenters. The lowest BCUT2D eigenvalue weighted by molar-refractivity contribution is 0.00398. The van der Waals surface area contributed by atoms with Crippen LogP contribution in [-0.2, 0) is 4.74 Å². The number of nitrogens with one attached hydrogen (secondary N) is 1. The zero-order valence-electron chi connectivity index (χ0n) is 18.9. The van der Waals surface area contributed by atoms with Crippen molar-refractivity contribution in [1.29, 1.82) is 0 Å². The van der Waals surface area contributed by atoms with Gasteiger partial charge in [0, 0.05) is 25.2 Å². The van der Waals surface area contributed by atoms with Crippen molar-refractivity contribution in [2.45, 2.75) is 46.6 Å². The lowest BCUT2D eigenvalue weighted by atomic mass is 9.92. The molecule has 30 heavy (non-hydrogen) atoms. The minimum atomic E-state index is 0. The van der Waals surface area contributed by atoms with Crippen molar-refractivity contribution in [3.63, 3.8) is 0 Å². The number of morpholine rings is 1. The van der Waals surface area contributed by atoms with Crippen LogP contribution in [0.15, 0.2) is 23.2 Å². The number of rotatable bonds is 11. The van der Waals surface area contributed by atoms with Gasteiger partial charge in [-0.25, -0.2) is 0 Å². The van der Waals surface area contributed by atoms with Crippen molar-refractivity contribution in [2.75, 3.05) is 51.4 Å². The molecular formula is C22H39IN4O3. The average molecular weight is 534 g/mol. The van der Waals surface area contributed by atoms with Crippen molar-refractivity contribution in [1.82, 2.24) is 4.90 Å². The van der Waals surface area contributed by atoms with E-state index in [2.05, 4.69) is 24.1 Å². The molecule has 7 nitrogen and oxygen atoms in total. The van der Waals surface area contributed by atoms with Crippen LogP contribution in [0.4, 0.5) is 5.69 Å². The molecular weight excluding hydrogens is 495 g/mol. The third-order valence-corrected chi connectivity index (χ3v) is 5.38. The standard InChI is InChI=1S/C22H38N4O3.HI/c1-5-17(6-2)20(26-11-13-27-14-12-26)16-24-22(23)25-19-15-18(28-7-3)9-10-21(19)29-8-4;/h9-10,15,17,20H,5-8,11-14,16H2,1-4H3,(H3,23,24,25);1H. The Balaban J connectivity index is 0.00000450. The summed E-state index contributed by atoms with van der Waals surface area (Å²) < 4.78 is 16.8. The van der Waals surface area contributed by atoms with Crippen LogP contribution in [0.25, 0.3) is 0 Å². The molecule has 0 bridgehead atoms. The molecule has 0 aliphatic carbocycles. The largest absolute Gasteiger partial charge is 0.494 e. The quantitative estimate of drug-likeness (QED) is 0.254. The Labute approximate surface area is 198 Å². The van der Waals surface area contributed by atoms with E-state index in [4.69, 9.17) is 24.9 Å². The van der Waals surface area contributed by atoms with Crippen LogP contribution in [0.3, 0.4) is 0 Å². The van der Waals surface area contributed by atoms with E-state index in [1.54, 1.807) is 0 Å². The summed E-state index contributed by atoms with van der Waals surface area (Å²) in [5.74, 6) is 2.49. The number of ether oxygens (including phenoxy) is 3. The van der Waals surface area contributed by atoms with E-state index >= 15 is 0 Å². The number of hydrogen-bond donors (Lipinski definition) is 2. The molecule has 8 heteroatoms. The SMILES string of the molecule is CCOc1ccc(OCC)c(NC(N)=NCC(C(CC)CC)N2CCOCC2)c1.I. The first kappa shape index (κ1) is 26.8. The van der Waals surface area contributed by atoms with Crippen LogP contribution in [0.5, 0.6) is 11.5 Å². The third kappa shape index (κ3) is 8.11. The van der Waals surface area contributed by atoms with Gasteiger partial charge in [0.25, 0.3) is 0 Å². The highest BCUT2D eigenvalue weighted by molar-refractivity contribution is 14.0. The first-order valence-corrected chi connectivity index (χ1v) is 10.9. The van der Waals surface area contributed by atoms with E-state index in [1.165, 1.54) is 0 Å². The van der Waals surface area contributed by atoms with Gasteiger partial charge in [0.1, 0.15) is 11.5 Å². The van der Waals surface area contributed by atoms with Crippen molar-refractivity contribution in [3.05, 3.63) is 18.2 Å². The Morgan fingerprint density at radius 1 is 1.13 bits per heavy atom. The van der Waals surface area contributed by atoms with Crippen LogP contribution in [-0.4, -0.2) is 63.0 Å². The smallest absolute Gasteiger partial charge is 0.193 e. The van der Waals surface area contributed by atoms with Gasteiger partial charge in [0.15, 0.2) is 5.96 Å². The fourth-order valence-corrected chi connectivity index (χ4v) is 3.82. The Morgan fingerprint density at radius 3 is 2.40 bits per heavy atom. The monoisotopic (exact) mass is 534 g/mol. The predicted molar refractivity (Wildman–Crippen MR) is 135 cm³/mol. The summed E-state index contributed by atoms with van der Waals surface area (Å²) in [6, 6.07) is 6.06. The van der Waals surface area contributed by atoms with Gasteiger partial charge in [-0.1, -0.05) is 26.7 Å². The fourth-order valence-electron chi connectivity index (χ4n) is 3.82. The molecule has 0 spiro atoms. The number of anilines is 1. The maximum absolute atomic E-state index is 6.26. The van der Waals surface area contributed by atoms with Crippen LogP contribution in [0, 0.1) is 5.92 Å². The second-order valence-corrected chi connectivity index (χ2v) is 7.17. The van der Waals surface area contributed by atoms with Crippen molar-refractivity contribution >= 4 is 35.6 Å². The second-order valence-electron chi connectivity index (χ2n) is 7.17. The highest BCUT2D eigenvalue weighted by Crippen LogP contribution is 2.29. The van der Waals surface area contributed by atoms with Gasteiger partial charge in [0.05, 0.1) is 38.7 Å². The van der Waals surface area contributed by atoms with Crippen molar-refractivity contribution < 1.29 is 14.2 Å². The number of benzene rings is 1. The molecule has 1 saturated heterocycles. The van der Waals surface area contributed by atoms with Gasteiger partial charge >= 0.3 is 0 Å². The summed E-state index contributed by atoms with van der Waals surface area (Å²) in [6.45, 7) is 13.8. The van der Waals surface area contributed by atoms with Crippen LogP contribution in [0.1, 0.15) is 40.5 Å². The molecule has 0 saturated carbocycles. The van der Waals surface area contributed by atoms with Crippen LogP contribution < -0.4 is 20.5 Å². The van der Waals surface area contributed by atoms with Gasteiger partial charge < -0.3 is 25.3 Å². The van der Waals surface area contributed by atoms with Gasteiger partial charge in [-0.2, -0.15) is 0 Å². The predicted octanol–water partition coefficient (Wildman–Crippen LogP) is 3.97. The first-order chi connectivity index (χ1) is 14.1. The summed E-state index contributed by atoms with van der Waals surface area (Å²) in [5, 5.41) is 3.21. The van der Waals surface area contributed by atoms with Crippen molar-refractivity contribution in [3.8, 4) is 11.5 Å². The summed E-state index contributed by atoms with van der Waals surface area (Å²) in [4.78, 5) is 7.19. The molecule has 2 rings (SSSR count).